The first-order valence-electron chi connectivity index (χ1n) is 10.1. The molecule has 146 valence electrons. The maximum atomic E-state index is 13.9. The summed E-state index contributed by atoms with van der Waals surface area (Å²) in [4.78, 5) is 44.4. The predicted octanol–water partition coefficient (Wildman–Crippen LogP) is 3.35. The molecule has 3 aliphatic rings. The Morgan fingerprint density at radius 2 is 1.59 bits per heavy atom. The first-order chi connectivity index (χ1) is 14.0. The Bertz CT molecular complexity index is 1120. The Balaban J connectivity index is 1.77. The number of anilines is 1. The van der Waals surface area contributed by atoms with E-state index in [9.17, 15) is 14.4 Å². The van der Waals surface area contributed by atoms with Gasteiger partial charge in [0.05, 0.1) is 0 Å². The molecule has 0 radical (unpaired) electrons. The van der Waals surface area contributed by atoms with Gasteiger partial charge in [0.1, 0.15) is 0 Å². The van der Waals surface area contributed by atoms with Crippen molar-refractivity contribution in [3.05, 3.63) is 76.4 Å². The molecule has 0 saturated heterocycles. The minimum Gasteiger partial charge on any atom is -0.310 e. The normalized spacial score (nSPS) is 23.1. The third kappa shape index (κ3) is 2.11. The van der Waals surface area contributed by atoms with Crippen LogP contribution in [0.5, 0.6) is 0 Å². The third-order valence-electron chi connectivity index (χ3n) is 6.42. The van der Waals surface area contributed by atoms with E-state index in [1.54, 1.807) is 29.2 Å². The number of para-hydroxylation sites is 1. The van der Waals surface area contributed by atoms with Gasteiger partial charge in [0.2, 0.25) is 0 Å². The van der Waals surface area contributed by atoms with Gasteiger partial charge < -0.3 is 4.90 Å². The number of fused-ring (bicyclic) bond motifs is 4. The second-order valence-electron chi connectivity index (χ2n) is 7.95. The van der Waals surface area contributed by atoms with Crippen LogP contribution in [0.15, 0.2) is 59.7 Å². The van der Waals surface area contributed by atoms with Gasteiger partial charge in [-0.2, -0.15) is 0 Å². The molecule has 0 N–H and O–H groups in total. The monoisotopic (exact) mass is 386 g/mol. The Morgan fingerprint density at radius 3 is 2.31 bits per heavy atom. The number of likely N-dealkylation sites (N-methyl/N-ethyl adjacent to an activating group) is 1. The zero-order chi connectivity index (χ0) is 20.3. The van der Waals surface area contributed by atoms with E-state index in [0.717, 1.165) is 24.1 Å². The summed E-state index contributed by atoms with van der Waals surface area (Å²) < 4.78 is 0. The minimum atomic E-state index is -1.22. The van der Waals surface area contributed by atoms with Crippen molar-refractivity contribution >= 4 is 23.2 Å². The van der Waals surface area contributed by atoms with E-state index in [-0.39, 0.29) is 24.0 Å². The molecule has 2 heterocycles. The van der Waals surface area contributed by atoms with E-state index < -0.39 is 5.54 Å². The van der Waals surface area contributed by atoms with Crippen LogP contribution in [0.4, 0.5) is 5.69 Å². The van der Waals surface area contributed by atoms with Crippen LogP contribution in [0.25, 0.3) is 0 Å². The topological polar surface area (TPSA) is 57.7 Å². The lowest BCUT2D eigenvalue weighted by Gasteiger charge is -2.34. The fraction of sp³-hybridized carbons (Fsp3) is 0.292. The van der Waals surface area contributed by atoms with Crippen molar-refractivity contribution in [3.8, 4) is 0 Å². The fourth-order valence-corrected chi connectivity index (χ4v) is 5.09. The van der Waals surface area contributed by atoms with Gasteiger partial charge in [-0.1, -0.05) is 55.8 Å². The summed E-state index contributed by atoms with van der Waals surface area (Å²) in [5.41, 5.74) is 2.04. The first-order valence-corrected chi connectivity index (χ1v) is 10.1. The zero-order valence-electron chi connectivity index (χ0n) is 16.6. The number of rotatable bonds is 3. The standard InChI is InChI=1S/C24H22N2O3/c1-3-4-13-26-19-12-8-7-11-18(19)24(23(26)29)20-17(14-25(24)2)21(27)15-9-5-6-10-16(15)22(20)28/h5-12H,3-4,13-14H2,1-2H3/t24-/m1/s1. The van der Waals surface area contributed by atoms with Crippen LogP contribution in [-0.2, 0) is 10.3 Å². The van der Waals surface area contributed by atoms with Gasteiger partial charge in [0.15, 0.2) is 17.1 Å². The van der Waals surface area contributed by atoms with Crippen molar-refractivity contribution in [2.24, 2.45) is 0 Å². The molecule has 1 amide bonds. The average molecular weight is 386 g/mol. The van der Waals surface area contributed by atoms with Crippen molar-refractivity contribution in [2.75, 3.05) is 25.0 Å². The number of hydrogen-bond donors (Lipinski definition) is 0. The molecule has 5 rings (SSSR count). The van der Waals surface area contributed by atoms with Crippen LogP contribution in [0.3, 0.4) is 0 Å². The molecular formula is C24H22N2O3. The molecular weight excluding hydrogens is 364 g/mol. The molecule has 0 fully saturated rings. The average Bonchev–Trinajstić information content (AvgIpc) is 3.19. The SMILES string of the molecule is CCCCN1C(=O)[C@]2(C3=C(CN2C)C(=O)c2ccccc2C3=O)c2ccccc21. The molecule has 5 nitrogen and oxygen atoms in total. The maximum Gasteiger partial charge on any atom is 0.257 e. The highest BCUT2D eigenvalue weighted by molar-refractivity contribution is 6.32. The summed E-state index contributed by atoms with van der Waals surface area (Å²) in [6.07, 6.45) is 1.84. The molecule has 0 bridgehead atoms. The zero-order valence-corrected chi connectivity index (χ0v) is 16.6. The summed E-state index contributed by atoms with van der Waals surface area (Å²) in [5.74, 6) is -0.476. The number of benzene rings is 2. The van der Waals surface area contributed by atoms with Crippen LogP contribution < -0.4 is 4.90 Å². The lowest BCUT2D eigenvalue weighted by atomic mass is 9.75. The number of unbranched alkanes of at least 4 members (excludes halogenated alkanes) is 1. The van der Waals surface area contributed by atoms with Crippen LogP contribution in [-0.4, -0.2) is 42.5 Å². The van der Waals surface area contributed by atoms with Gasteiger partial charge in [-0.05, 0) is 19.5 Å². The van der Waals surface area contributed by atoms with E-state index >= 15 is 0 Å². The van der Waals surface area contributed by atoms with E-state index in [0.29, 0.717) is 28.8 Å². The second-order valence-corrected chi connectivity index (χ2v) is 7.95. The van der Waals surface area contributed by atoms with E-state index in [1.165, 1.54) is 0 Å². The largest absolute Gasteiger partial charge is 0.310 e. The molecule has 1 atom stereocenters. The number of Topliss-reactive ketones (excluding diaryl/α,β-unsaturated/α-hetero) is 2. The summed E-state index contributed by atoms with van der Waals surface area (Å²) in [6.45, 7) is 2.98. The van der Waals surface area contributed by atoms with E-state index in [1.807, 2.05) is 36.2 Å². The van der Waals surface area contributed by atoms with Gasteiger partial charge in [0.25, 0.3) is 5.91 Å². The van der Waals surface area contributed by atoms with E-state index in [2.05, 4.69) is 6.92 Å². The smallest absolute Gasteiger partial charge is 0.257 e. The van der Waals surface area contributed by atoms with Crippen LogP contribution in [0, 0.1) is 0 Å². The summed E-state index contributed by atoms with van der Waals surface area (Å²) in [6, 6.07) is 14.6. The van der Waals surface area contributed by atoms with Crippen LogP contribution in [0.2, 0.25) is 0 Å². The lowest BCUT2D eigenvalue weighted by molar-refractivity contribution is -0.126. The fourth-order valence-electron chi connectivity index (χ4n) is 5.09. The number of ketones is 2. The maximum absolute atomic E-state index is 13.9. The highest BCUT2D eigenvalue weighted by Crippen LogP contribution is 2.54. The van der Waals surface area contributed by atoms with Gasteiger partial charge in [-0.25, -0.2) is 0 Å². The van der Waals surface area contributed by atoms with E-state index in [4.69, 9.17) is 0 Å². The molecule has 2 aliphatic heterocycles. The highest BCUT2D eigenvalue weighted by Gasteiger charge is 2.63. The molecule has 0 saturated carbocycles. The molecule has 2 aromatic carbocycles. The lowest BCUT2D eigenvalue weighted by Crippen LogP contribution is -2.51. The molecule has 2 aromatic rings. The minimum absolute atomic E-state index is 0.125. The summed E-state index contributed by atoms with van der Waals surface area (Å²) in [7, 11) is 1.83. The van der Waals surface area contributed by atoms with Gasteiger partial charge >= 0.3 is 0 Å². The first kappa shape index (κ1) is 18.0. The molecule has 0 aromatic heterocycles. The van der Waals surface area contributed by atoms with Crippen molar-refractivity contribution in [2.45, 2.75) is 25.3 Å². The molecule has 5 heteroatoms. The number of nitrogens with zero attached hydrogens (tertiary/aromatic N) is 2. The number of hydrogen-bond acceptors (Lipinski definition) is 4. The Kier molecular flexibility index (Phi) is 3.87. The van der Waals surface area contributed by atoms with Crippen molar-refractivity contribution in [1.29, 1.82) is 0 Å². The number of amides is 1. The van der Waals surface area contributed by atoms with Gasteiger partial charge in [-0.15, -0.1) is 0 Å². The van der Waals surface area contributed by atoms with Crippen molar-refractivity contribution in [3.63, 3.8) is 0 Å². The van der Waals surface area contributed by atoms with Crippen molar-refractivity contribution in [1.82, 2.24) is 4.90 Å². The number of carbonyl (C=O) groups excluding carboxylic acids is 3. The Labute approximate surface area is 169 Å². The Morgan fingerprint density at radius 1 is 0.931 bits per heavy atom. The molecule has 1 spiro atoms. The van der Waals surface area contributed by atoms with Crippen LogP contribution >= 0.6 is 0 Å². The summed E-state index contributed by atoms with van der Waals surface area (Å²) >= 11 is 0. The van der Waals surface area contributed by atoms with Crippen molar-refractivity contribution < 1.29 is 14.4 Å². The highest BCUT2D eigenvalue weighted by atomic mass is 16.2. The van der Waals surface area contributed by atoms with Gasteiger partial charge in [-0.3, -0.25) is 19.3 Å². The predicted molar refractivity (Wildman–Crippen MR) is 110 cm³/mol. The Hall–Kier alpha value is -3.05. The number of carbonyl (C=O) groups is 3. The quantitative estimate of drug-likeness (QED) is 0.812. The molecule has 29 heavy (non-hydrogen) atoms. The molecule has 0 unspecified atom stereocenters. The third-order valence-corrected chi connectivity index (χ3v) is 6.42. The van der Waals surface area contributed by atoms with Gasteiger partial charge in [0, 0.05) is 46.6 Å². The van der Waals surface area contributed by atoms with Crippen LogP contribution in [0.1, 0.15) is 46.0 Å². The summed E-state index contributed by atoms with van der Waals surface area (Å²) in [5, 5.41) is 0. The second kappa shape index (κ2) is 6.22. The molecule has 1 aliphatic carbocycles.